The normalized spacial score (nSPS) is 21.3. The Hall–Kier alpha value is -1.43. The Morgan fingerprint density at radius 3 is 2.57 bits per heavy atom. The summed E-state index contributed by atoms with van der Waals surface area (Å²) in [5.41, 5.74) is 0.387. The SMILES string of the molecule is CC1(P(C)(C)=O)CCCN1C(=O)c1ccc(B(O)O)c(C=O)c1. The minimum absolute atomic E-state index is 0.0531. The van der Waals surface area contributed by atoms with Crippen molar-refractivity contribution in [2.45, 2.75) is 25.0 Å². The van der Waals surface area contributed by atoms with Gasteiger partial charge in [-0.2, -0.15) is 0 Å². The van der Waals surface area contributed by atoms with Gasteiger partial charge in [-0.3, -0.25) is 9.59 Å². The molecule has 0 aromatic heterocycles. The Morgan fingerprint density at radius 1 is 1.39 bits per heavy atom. The van der Waals surface area contributed by atoms with Gasteiger partial charge in [-0.15, -0.1) is 0 Å². The van der Waals surface area contributed by atoms with Crippen molar-refractivity contribution in [3.63, 3.8) is 0 Å². The van der Waals surface area contributed by atoms with E-state index in [1.165, 1.54) is 18.2 Å². The van der Waals surface area contributed by atoms with E-state index in [1.54, 1.807) is 18.2 Å². The molecule has 1 aromatic carbocycles. The topological polar surface area (TPSA) is 94.9 Å². The fraction of sp³-hybridized carbons (Fsp3) is 0.467. The number of likely N-dealkylation sites (tertiary alicyclic amines) is 1. The molecule has 2 rings (SSSR count). The van der Waals surface area contributed by atoms with E-state index < -0.39 is 19.5 Å². The largest absolute Gasteiger partial charge is 0.489 e. The minimum Gasteiger partial charge on any atom is -0.423 e. The lowest BCUT2D eigenvalue weighted by Crippen LogP contribution is -2.44. The Kier molecular flexibility index (Phi) is 4.85. The first-order valence-corrected chi connectivity index (χ1v) is 10.0. The lowest BCUT2D eigenvalue weighted by Gasteiger charge is -2.38. The molecule has 0 radical (unpaired) electrons. The van der Waals surface area contributed by atoms with E-state index in [9.17, 15) is 24.2 Å². The van der Waals surface area contributed by atoms with Crippen LogP contribution in [0.2, 0.25) is 0 Å². The number of carbonyl (C=O) groups is 2. The van der Waals surface area contributed by atoms with Crippen LogP contribution in [-0.4, -0.2) is 59.4 Å². The molecule has 6 nitrogen and oxygen atoms in total. The smallest absolute Gasteiger partial charge is 0.423 e. The van der Waals surface area contributed by atoms with E-state index >= 15 is 0 Å². The van der Waals surface area contributed by atoms with Gasteiger partial charge < -0.3 is 19.5 Å². The van der Waals surface area contributed by atoms with Crippen LogP contribution in [0.25, 0.3) is 0 Å². The van der Waals surface area contributed by atoms with Crippen molar-refractivity contribution < 1.29 is 24.2 Å². The summed E-state index contributed by atoms with van der Waals surface area (Å²) in [4.78, 5) is 25.6. The number of amides is 1. The molecule has 124 valence electrons. The fourth-order valence-corrected chi connectivity index (χ4v) is 4.50. The molecule has 2 N–H and O–H groups in total. The first-order chi connectivity index (χ1) is 10.6. The van der Waals surface area contributed by atoms with Gasteiger partial charge >= 0.3 is 7.12 Å². The Bertz CT molecular complexity index is 686. The van der Waals surface area contributed by atoms with Crippen LogP contribution in [0.5, 0.6) is 0 Å². The van der Waals surface area contributed by atoms with Crippen molar-refractivity contribution in [1.29, 1.82) is 0 Å². The molecule has 1 aromatic rings. The zero-order valence-corrected chi connectivity index (χ0v) is 14.4. The van der Waals surface area contributed by atoms with Gasteiger partial charge in [0.05, 0.1) is 5.28 Å². The minimum atomic E-state index is -2.54. The average molecular weight is 337 g/mol. The average Bonchev–Trinajstić information content (AvgIpc) is 2.88. The van der Waals surface area contributed by atoms with Crippen molar-refractivity contribution in [1.82, 2.24) is 4.90 Å². The summed E-state index contributed by atoms with van der Waals surface area (Å²) in [6, 6.07) is 4.16. The second-order valence-electron chi connectivity index (χ2n) is 6.46. The van der Waals surface area contributed by atoms with E-state index in [2.05, 4.69) is 0 Å². The van der Waals surface area contributed by atoms with Crippen LogP contribution < -0.4 is 5.46 Å². The maximum atomic E-state index is 12.8. The first-order valence-electron chi connectivity index (χ1n) is 7.44. The van der Waals surface area contributed by atoms with Gasteiger partial charge in [0, 0.05) is 17.7 Å². The van der Waals surface area contributed by atoms with Crippen LogP contribution in [0.1, 0.15) is 40.5 Å². The Labute approximate surface area is 136 Å². The number of hydrogen-bond donors (Lipinski definition) is 2. The van der Waals surface area contributed by atoms with Gasteiger partial charge in [-0.25, -0.2) is 0 Å². The predicted octanol–water partition coefficient (Wildman–Crippen LogP) is 0.754. The lowest BCUT2D eigenvalue weighted by atomic mass is 9.77. The fourth-order valence-electron chi connectivity index (χ4n) is 3.03. The van der Waals surface area contributed by atoms with Crippen molar-refractivity contribution in [3.05, 3.63) is 29.3 Å². The Balaban J connectivity index is 2.41. The monoisotopic (exact) mass is 337 g/mol. The molecule has 1 unspecified atom stereocenters. The molecule has 0 saturated carbocycles. The van der Waals surface area contributed by atoms with Crippen LogP contribution in [0.15, 0.2) is 18.2 Å². The highest BCUT2D eigenvalue weighted by Crippen LogP contribution is 2.58. The van der Waals surface area contributed by atoms with Gasteiger partial charge in [0.15, 0.2) is 0 Å². The van der Waals surface area contributed by atoms with Crippen molar-refractivity contribution in [2.75, 3.05) is 19.9 Å². The maximum absolute atomic E-state index is 12.8. The van der Waals surface area contributed by atoms with E-state index in [0.717, 1.165) is 6.42 Å². The van der Waals surface area contributed by atoms with Crippen LogP contribution in [-0.2, 0) is 4.57 Å². The highest BCUT2D eigenvalue weighted by atomic mass is 31.2. The zero-order chi connectivity index (χ0) is 17.4. The summed E-state index contributed by atoms with van der Waals surface area (Å²) in [7, 11) is -4.32. The van der Waals surface area contributed by atoms with Crippen LogP contribution in [0, 0.1) is 0 Å². The number of carbonyl (C=O) groups excluding carboxylic acids is 2. The molecule has 0 aliphatic carbocycles. The molecule has 23 heavy (non-hydrogen) atoms. The summed E-state index contributed by atoms with van der Waals surface area (Å²) in [6.45, 7) is 5.72. The molecule has 8 heteroatoms. The number of rotatable bonds is 4. The van der Waals surface area contributed by atoms with Crippen molar-refractivity contribution in [2.24, 2.45) is 0 Å². The number of hydrogen-bond acceptors (Lipinski definition) is 5. The van der Waals surface area contributed by atoms with Gasteiger partial charge in [0.1, 0.15) is 13.4 Å². The number of nitrogens with zero attached hydrogens (tertiary/aromatic N) is 1. The van der Waals surface area contributed by atoms with Crippen LogP contribution >= 0.6 is 7.14 Å². The van der Waals surface area contributed by atoms with Crippen molar-refractivity contribution in [3.8, 4) is 0 Å². The maximum Gasteiger partial charge on any atom is 0.489 e. The van der Waals surface area contributed by atoms with Crippen LogP contribution in [0.3, 0.4) is 0 Å². The third-order valence-corrected chi connectivity index (χ3v) is 7.54. The summed E-state index contributed by atoms with van der Waals surface area (Å²) in [6.07, 6.45) is 1.94. The molecule has 1 atom stereocenters. The molecule has 1 heterocycles. The molecule has 1 fully saturated rings. The summed E-state index contributed by atoms with van der Waals surface area (Å²) >= 11 is 0. The molecule has 1 aliphatic rings. The van der Waals surface area contributed by atoms with E-state index in [-0.39, 0.29) is 22.5 Å². The molecule has 1 aliphatic heterocycles. The van der Waals surface area contributed by atoms with Crippen molar-refractivity contribution >= 4 is 31.9 Å². The number of aldehydes is 1. The Morgan fingerprint density at radius 2 is 2.04 bits per heavy atom. The summed E-state index contributed by atoms with van der Waals surface area (Å²) in [5.74, 6) is -0.295. The zero-order valence-electron chi connectivity index (χ0n) is 13.5. The third-order valence-electron chi connectivity index (χ3n) is 4.76. The molecular formula is C15H21BNO5P. The second-order valence-corrected chi connectivity index (χ2v) is 10.1. The van der Waals surface area contributed by atoms with E-state index in [4.69, 9.17) is 0 Å². The summed E-state index contributed by atoms with van der Waals surface area (Å²) < 4.78 is 12.6. The van der Waals surface area contributed by atoms with E-state index in [1.807, 2.05) is 6.92 Å². The molecule has 1 saturated heterocycles. The molecular weight excluding hydrogens is 316 g/mol. The van der Waals surface area contributed by atoms with Gasteiger partial charge in [-0.05, 0) is 50.7 Å². The quantitative estimate of drug-likeness (QED) is 0.480. The third kappa shape index (κ3) is 3.14. The second kappa shape index (κ2) is 6.23. The predicted molar refractivity (Wildman–Crippen MR) is 89.8 cm³/mol. The molecule has 0 spiro atoms. The molecule has 1 amide bonds. The van der Waals surface area contributed by atoms with Gasteiger partial charge in [0.2, 0.25) is 0 Å². The van der Waals surface area contributed by atoms with Crippen LogP contribution in [0.4, 0.5) is 0 Å². The highest BCUT2D eigenvalue weighted by molar-refractivity contribution is 7.63. The lowest BCUT2D eigenvalue weighted by molar-refractivity contribution is 0.0713. The van der Waals surface area contributed by atoms with Gasteiger partial charge in [-0.1, -0.05) is 6.07 Å². The number of benzene rings is 1. The molecule has 0 bridgehead atoms. The standard InChI is InChI=1S/C15H21BNO5P/c1-15(23(2,3)22)7-4-8-17(15)14(19)11-5-6-13(16(20)21)12(9-11)10-18/h5-6,9-10,20-21H,4,7-8H2,1-3H3. The van der Waals surface area contributed by atoms with E-state index in [0.29, 0.717) is 19.3 Å². The highest BCUT2D eigenvalue weighted by Gasteiger charge is 2.48. The first kappa shape index (κ1) is 17.9. The van der Waals surface area contributed by atoms with Gasteiger partial charge in [0.25, 0.3) is 5.91 Å². The summed E-state index contributed by atoms with van der Waals surface area (Å²) in [5, 5.41) is 17.8.